The Hall–Kier alpha value is -1.49. The number of rotatable bonds is 3. The third kappa shape index (κ3) is 2.02. The highest BCUT2D eigenvalue weighted by Crippen LogP contribution is 2.39. The number of aryl methyl sites for hydroxylation is 1. The van der Waals surface area contributed by atoms with Crippen LogP contribution < -0.4 is 0 Å². The van der Waals surface area contributed by atoms with Crippen LogP contribution in [0.5, 0.6) is 0 Å². The van der Waals surface area contributed by atoms with Gasteiger partial charge in [-0.15, -0.1) is 11.3 Å². The zero-order chi connectivity index (χ0) is 13.6. The summed E-state index contributed by atoms with van der Waals surface area (Å²) in [6.07, 6.45) is 2.52. The van der Waals surface area contributed by atoms with Crippen molar-refractivity contribution < 1.29 is 14.4 Å². The Labute approximate surface area is 115 Å². The van der Waals surface area contributed by atoms with Crippen molar-refractivity contribution in [3.05, 3.63) is 21.9 Å². The third-order valence-electron chi connectivity index (χ3n) is 4.00. The van der Waals surface area contributed by atoms with Gasteiger partial charge in [0.2, 0.25) is 11.8 Å². The number of Topliss-reactive ketones (excluding diaryl/α,β-unsaturated/α-hetero) is 1. The predicted molar refractivity (Wildman–Crippen MR) is 70.9 cm³/mol. The number of amides is 2. The van der Waals surface area contributed by atoms with Crippen molar-refractivity contribution in [2.45, 2.75) is 26.2 Å². The number of carbonyl (C=O) groups excluding carboxylic acids is 3. The molecular weight excluding hydrogens is 262 g/mol. The first kappa shape index (κ1) is 12.5. The lowest BCUT2D eigenvalue weighted by Crippen LogP contribution is -2.36. The highest BCUT2D eigenvalue weighted by molar-refractivity contribution is 7.14. The molecule has 0 bridgehead atoms. The Morgan fingerprint density at radius 1 is 1.26 bits per heavy atom. The van der Waals surface area contributed by atoms with Crippen molar-refractivity contribution in [1.29, 1.82) is 0 Å². The van der Waals surface area contributed by atoms with Crippen LogP contribution in [0, 0.1) is 18.8 Å². The first-order valence-corrected chi connectivity index (χ1v) is 7.34. The fraction of sp³-hybridized carbons (Fsp3) is 0.500. The van der Waals surface area contributed by atoms with E-state index in [1.165, 1.54) is 16.2 Å². The lowest BCUT2D eigenvalue weighted by atomic mass is 10.00. The standard InChI is InChI=1S/C14H15NO3S/c1-8-5-6-12(19-8)11(16)7-15-13(17)9-3-2-4-10(9)14(15)18/h5-6,9-10H,2-4,7H2,1H3. The molecule has 5 heteroatoms. The van der Waals surface area contributed by atoms with Gasteiger partial charge in [-0.1, -0.05) is 6.42 Å². The summed E-state index contributed by atoms with van der Waals surface area (Å²) >= 11 is 1.40. The second-order valence-electron chi connectivity index (χ2n) is 5.24. The molecule has 2 fully saturated rings. The smallest absolute Gasteiger partial charge is 0.233 e. The van der Waals surface area contributed by atoms with E-state index in [0.29, 0.717) is 4.88 Å². The van der Waals surface area contributed by atoms with Gasteiger partial charge in [-0.3, -0.25) is 19.3 Å². The molecule has 0 N–H and O–H groups in total. The van der Waals surface area contributed by atoms with E-state index >= 15 is 0 Å². The van der Waals surface area contributed by atoms with Crippen molar-refractivity contribution in [3.8, 4) is 0 Å². The molecule has 4 nitrogen and oxygen atoms in total. The first-order chi connectivity index (χ1) is 9.08. The van der Waals surface area contributed by atoms with Gasteiger partial charge < -0.3 is 0 Å². The van der Waals surface area contributed by atoms with E-state index < -0.39 is 0 Å². The third-order valence-corrected chi connectivity index (χ3v) is 5.04. The van der Waals surface area contributed by atoms with E-state index in [9.17, 15) is 14.4 Å². The molecule has 3 rings (SSSR count). The van der Waals surface area contributed by atoms with Gasteiger partial charge in [-0.05, 0) is 31.9 Å². The number of likely N-dealkylation sites (tertiary alicyclic amines) is 1. The second-order valence-corrected chi connectivity index (χ2v) is 6.53. The van der Waals surface area contributed by atoms with Crippen LogP contribution in [-0.4, -0.2) is 29.0 Å². The normalized spacial score (nSPS) is 26.1. The predicted octanol–water partition coefficient (Wildman–Crippen LogP) is 2.02. The van der Waals surface area contributed by atoms with Crippen LogP contribution in [0.4, 0.5) is 0 Å². The summed E-state index contributed by atoms with van der Waals surface area (Å²) in [5.74, 6) is -0.751. The number of ketones is 1. The minimum absolute atomic E-state index is 0.0926. The zero-order valence-electron chi connectivity index (χ0n) is 10.7. The van der Waals surface area contributed by atoms with Crippen LogP contribution in [0.1, 0.15) is 33.8 Å². The molecule has 1 aromatic rings. The minimum atomic E-state index is -0.162. The molecule has 100 valence electrons. The molecule has 0 radical (unpaired) electrons. The molecule has 1 saturated heterocycles. The highest BCUT2D eigenvalue weighted by atomic mass is 32.1. The summed E-state index contributed by atoms with van der Waals surface area (Å²) in [6.45, 7) is 1.84. The fourth-order valence-corrected chi connectivity index (χ4v) is 3.82. The van der Waals surface area contributed by atoms with Crippen molar-refractivity contribution >= 4 is 28.9 Å². The topological polar surface area (TPSA) is 54.5 Å². The number of imide groups is 1. The maximum absolute atomic E-state index is 12.1. The van der Waals surface area contributed by atoms with Crippen LogP contribution >= 0.6 is 11.3 Å². The van der Waals surface area contributed by atoms with E-state index in [4.69, 9.17) is 0 Å². The summed E-state index contributed by atoms with van der Waals surface area (Å²) in [4.78, 5) is 39.2. The Morgan fingerprint density at radius 2 is 1.89 bits per heavy atom. The minimum Gasteiger partial charge on any atom is -0.291 e. The van der Waals surface area contributed by atoms with Crippen LogP contribution in [-0.2, 0) is 9.59 Å². The van der Waals surface area contributed by atoms with Gasteiger partial charge in [0.05, 0.1) is 23.3 Å². The second kappa shape index (κ2) is 4.56. The number of thiophene rings is 1. The maximum atomic E-state index is 12.1. The van der Waals surface area contributed by atoms with E-state index in [2.05, 4.69) is 0 Å². The lowest BCUT2D eigenvalue weighted by Gasteiger charge is -2.14. The number of fused-ring (bicyclic) bond motifs is 1. The van der Waals surface area contributed by atoms with E-state index in [0.717, 1.165) is 24.1 Å². The summed E-state index contributed by atoms with van der Waals surface area (Å²) in [5.41, 5.74) is 0. The summed E-state index contributed by atoms with van der Waals surface area (Å²) in [6, 6.07) is 3.63. The van der Waals surface area contributed by atoms with Crippen LogP contribution in [0.3, 0.4) is 0 Å². The van der Waals surface area contributed by atoms with Crippen molar-refractivity contribution in [1.82, 2.24) is 4.90 Å². The molecule has 2 atom stereocenters. The summed E-state index contributed by atoms with van der Waals surface area (Å²) in [7, 11) is 0. The van der Waals surface area contributed by atoms with E-state index in [-0.39, 0.29) is 36.0 Å². The van der Waals surface area contributed by atoms with Gasteiger partial charge in [0.25, 0.3) is 0 Å². The highest BCUT2D eigenvalue weighted by Gasteiger charge is 2.49. The Balaban J connectivity index is 1.75. The quantitative estimate of drug-likeness (QED) is 0.627. The van der Waals surface area contributed by atoms with Gasteiger partial charge in [0.15, 0.2) is 5.78 Å². The first-order valence-electron chi connectivity index (χ1n) is 6.53. The number of hydrogen-bond donors (Lipinski definition) is 0. The van der Waals surface area contributed by atoms with Crippen LogP contribution in [0.25, 0.3) is 0 Å². The van der Waals surface area contributed by atoms with Crippen molar-refractivity contribution in [3.63, 3.8) is 0 Å². The molecule has 19 heavy (non-hydrogen) atoms. The number of nitrogens with zero attached hydrogens (tertiary/aromatic N) is 1. The summed E-state index contributed by atoms with van der Waals surface area (Å²) < 4.78 is 0. The van der Waals surface area contributed by atoms with Gasteiger partial charge in [-0.2, -0.15) is 0 Å². The summed E-state index contributed by atoms with van der Waals surface area (Å²) in [5, 5.41) is 0. The molecule has 2 heterocycles. The Morgan fingerprint density at radius 3 is 2.42 bits per heavy atom. The van der Waals surface area contributed by atoms with Gasteiger partial charge in [0.1, 0.15) is 0 Å². The zero-order valence-corrected chi connectivity index (χ0v) is 11.5. The number of carbonyl (C=O) groups is 3. The SMILES string of the molecule is Cc1ccc(C(=O)CN2C(=O)C3CCCC3C2=O)s1. The number of hydrogen-bond acceptors (Lipinski definition) is 4. The molecule has 2 amide bonds. The van der Waals surface area contributed by atoms with E-state index in [1.54, 1.807) is 6.07 Å². The average molecular weight is 277 g/mol. The molecule has 1 aliphatic carbocycles. The molecule has 1 aromatic heterocycles. The van der Waals surface area contributed by atoms with Gasteiger partial charge in [-0.25, -0.2) is 0 Å². The Bertz CT molecular complexity index is 541. The van der Waals surface area contributed by atoms with Crippen LogP contribution in [0.15, 0.2) is 12.1 Å². The lowest BCUT2D eigenvalue weighted by molar-refractivity contribution is -0.139. The Kier molecular flexibility index (Phi) is 3.01. The van der Waals surface area contributed by atoms with Crippen molar-refractivity contribution in [2.24, 2.45) is 11.8 Å². The molecular formula is C14H15NO3S. The van der Waals surface area contributed by atoms with Gasteiger partial charge in [0, 0.05) is 4.88 Å². The molecule has 2 aliphatic rings. The van der Waals surface area contributed by atoms with Gasteiger partial charge >= 0.3 is 0 Å². The molecule has 1 saturated carbocycles. The molecule has 1 aliphatic heterocycles. The van der Waals surface area contributed by atoms with E-state index in [1.807, 2.05) is 13.0 Å². The monoisotopic (exact) mass is 277 g/mol. The molecule has 0 aromatic carbocycles. The average Bonchev–Trinajstić information content (AvgIpc) is 3.05. The molecule has 2 unspecified atom stereocenters. The van der Waals surface area contributed by atoms with Crippen LogP contribution in [0.2, 0.25) is 0 Å². The molecule has 0 spiro atoms. The fourth-order valence-electron chi connectivity index (χ4n) is 3.02. The largest absolute Gasteiger partial charge is 0.291 e. The van der Waals surface area contributed by atoms with Crippen molar-refractivity contribution in [2.75, 3.05) is 6.54 Å². The maximum Gasteiger partial charge on any atom is 0.233 e.